The van der Waals surface area contributed by atoms with Gasteiger partial charge in [-0.25, -0.2) is 0 Å². The van der Waals surface area contributed by atoms with E-state index in [1.54, 1.807) is 6.08 Å². The highest BCUT2D eigenvalue weighted by Gasteiger charge is 2.01. The molecular formula is C11H15NO. The van der Waals surface area contributed by atoms with E-state index in [0.29, 0.717) is 6.42 Å². The van der Waals surface area contributed by atoms with Crippen molar-refractivity contribution < 1.29 is 5.11 Å². The average Bonchev–Trinajstić information content (AvgIpc) is 2.04. The van der Waals surface area contributed by atoms with Gasteiger partial charge in [-0.05, 0) is 26.0 Å². The molecule has 0 fully saturated rings. The van der Waals surface area contributed by atoms with E-state index >= 15 is 0 Å². The van der Waals surface area contributed by atoms with Crippen molar-refractivity contribution in [3.63, 3.8) is 0 Å². The highest BCUT2D eigenvalue weighted by atomic mass is 16.3. The van der Waals surface area contributed by atoms with Gasteiger partial charge in [0.15, 0.2) is 0 Å². The molecule has 2 heteroatoms. The first-order valence-electron chi connectivity index (χ1n) is 4.46. The number of aromatic nitrogens is 1. The quantitative estimate of drug-likeness (QED) is 0.715. The summed E-state index contributed by atoms with van der Waals surface area (Å²) >= 11 is 0. The second-order valence-electron chi connectivity index (χ2n) is 3.07. The molecule has 0 saturated heterocycles. The van der Waals surface area contributed by atoms with E-state index in [2.05, 4.69) is 4.98 Å². The zero-order chi connectivity index (χ0) is 9.68. The Kier molecular flexibility index (Phi) is 3.65. The highest BCUT2D eigenvalue weighted by Crippen LogP contribution is 2.02. The molecule has 70 valence electrons. The number of nitrogens with zero attached hydrogens (tertiary/aromatic N) is 1. The molecule has 0 aromatic carbocycles. The van der Waals surface area contributed by atoms with Gasteiger partial charge in [0.2, 0.25) is 0 Å². The Balaban J connectivity index is 2.63. The van der Waals surface area contributed by atoms with Crippen LogP contribution in [0.3, 0.4) is 0 Å². The topological polar surface area (TPSA) is 33.1 Å². The summed E-state index contributed by atoms with van der Waals surface area (Å²) in [6, 6.07) is 5.84. The Labute approximate surface area is 78.9 Å². The van der Waals surface area contributed by atoms with Crippen molar-refractivity contribution >= 4 is 0 Å². The van der Waals surface area contributed by atoms with Gasteiger partial charge in [0.05, 0.1) is 6.10 Å². The van der Waals surface area contributed by atoms with Gasteiger partial charge in [-0.15, -0.1) is 0 Å². The first kappa shape index (κ1) is 9.93. The summed E-state index contributed by atoms with van der Waals surface area (Å²) in [7, 11) is 0. The first-order valence-corrected chi connectivity index (χ1v) is 4.46. The van der Waals surface area contributed by atoms with Gasteiger partial charge in [0.1, 0.15) is 0 Å². The Morgan fingerprint density at radius 2 is 2.31 bits per heavy atom. The van der Waals surface area contributed by atoms with Crippen LogP contribution in [-0.4, -0.2) is 16.2 Å². The van der Waals surface area contributed by atoms with Crippen molar-refractivity contribution in [2.75, 3.05) is 0 Å². The molecule has 0 amide bonds. The molecule has 1 aromatic rings. The molecular weight excluding hydrogens is 162 g/mol. The molecule has 2 nitrogen and oxygen atoms in total. The lowest BCUT2D eigenvalue weighted by atomic mass is 10.1. The van der Waals surface area contributed by atoms with Crippen molar-refractivity contribution in [1.82, 2.24) is 4.98 Å². The number of hydrogen-bond acceptors (Lipinski definition) is 2. The third-order valence-corrected chi connectivity index (χ3v) is 1.78. The monoisotopic (exact) mass is 177 g/mol. The van der Waals surface area contributed by atoms with Gasteiger partial charge >= 0.3 is 0 Å². The predicted octanol–water partition coefficient (Wildman–Crippen LogP) is 1.87. The number of allylic oxidation sites excluding steroid dienone is 1. The highest BCUT2D eigenvalue weighted by molar-refractivity contribution is 5.11. The van der Waals surface area contributed by atoms with Crippen LogP contribution in [-0.2, 0) is 6.42 Å². The van der Waals surface area contributed by atoms with E-state index in [9.17, 15) is 5.11 Å². The van der Waals surface area contributed by atoms with Crippen LogP contribution >= 0.6 is 0 Å². The second-order valence-corrected chi connectivity index (χ2v) is 3.07. The lowest BCUT2D eigenvalue weighted by molar-refractivity contribution is 0.222. The van der Waals surface area contributed by atoms with Crippen molar-refractivity contribution in [3.8, 4) is 0 Å². The molecule has 1 aromatic heterocycles. The van der Waals surface area contributed by atoms with Crippen LogP contribution in [0.15, 0.2) is 30.4 Å². The Morgan fingerprint density at radius 3 is 2.92 bits per heavy atom. The van der Waals surface area contributed by atoms with E-state index in [1.165, 1.54) is 0 Å². The summed E-state index contributed by atoms with van der Waals surface area (Å²) < 4.78 is 0. The summed E-state index contributed by atoms with van der Waals surface area (Å²) in [5, 5.41) is 9.47. The van der Waals surface area contributed by atoms with Gasteiger partial charge in [-0.1, -0.05) is 18.2 Å². The number of aryl methyl sites for hydroxylation is 1. The minimum atomic E-state index is -0.417. The second kappa shape index (κ2) is 4.77. The van der Waals surface area contributed by atoms with Crippen molar-refractivity contribution in [2.24, 2.45) is 0 Å². The maximum absolute atomic E-state index is 9.47. The minimum Gasteiger partial charge on any atom is -0.389 e. The van der Waals surface area contributed by atoms with E-state index in [0.717, 1.165) is 11.4 Å². The predicted molar refractivity (Wildman–Crippen MR) is 53.5 cm³/mol. The van der Waals surface area contributed by atoms with Crippen LogP contribution in [0, 0.1) is 6.92 Å². The van der Waals surface area contributed by atoms with Crippen LogP contribution in [0.25, 0.3) is 0 Å². The van der Waals surface area contributed by atoms with Crippen molar-refractivity contribution in [1.29, 1.82) is 0 Å². The molecule has 1 unspecified atom stereocenters. The van der Waals surface area contributed by atoms with Gasteiger partial charge in [-0.2, -0.15) is 0 Å². The Bertz CT molecular complexity index is 294. The molecule has 0 bridgehead atoms. The SMILES string of the molecule is C/C=C/C(O)Cc1cccc(C)n1. The van der Waals surface area contributed by atoms with E-state index in [4.69, 9.17) is 0 Å². The molecule has 1 rings (SSSR count). The van der Waals surface area contributed by atoms with Gasteiger partial charge in [-0.3, -0.25) is 4.98 Å². The van der Waals surface area contributed by atoms with E-state index < -0.39 is 6.10 Å². The molecule has 0 aliphatic carbocycles. The van der Waals surface area contributed by atoms with Gasteiger partial charge < -0.3 is 5.11 Å². The van der Waals surface area contributed by atoms with Crippen LogP contribution in [0.2, 0.25) is 0 Å². The largest absolute Gasteiger partial charge is 0.389 e. The molecule has 13 heavy (non-hydrogen) atoms. The Hall–Kier alpha value is -1.15. The molecule has 1 atom stereocenters. The summed E-state index contributed by atoms with van der Waals surface area (Å²) in [6.45, 7) is 3.85. The summed E-state index contributed by atoms with van der Waals surface area (Å²) in [5.74, 6) is 0. The third-order valence-electron chi connectivity index (χ3n) is 1.78. The van der Waals surface area contributed by atoms with Crippen molar-refractivity contribution in [3.05, 3.63) is 41.7 Å². The maximum atomic E-state index is 9.47. The normalized spacial score (nSPS) is 13.5. The Morgan fingerprint density at radius 1 is 1.54 bits per heavy atom. The molecule has 0 saturated carbocycles. The molecule has 0 spiro atoms. The first-order chi connectivity index (χ1) is 6.22. The lowest BCUT2D eigenvalue weighted by Crippen LogP contribution is -2.08. The number of rotatable bonds is 3. The van der Waals surface area contributed by atoms with Gasteiger partial charge in [0.25, 0.3) is 0 Å². The zero-order valence-corrected chi connectivity index (χ0v) is 8.07. The van der Waals surface area contributed by atoms with Crippen LogP contribution in [0.5, 0.6) is 0 Å². The standard InChI is InChI=1S/C11H15NO/c1-3-5-11(13)8-10-7-4-6-9(2)12-10/h3-7,11,13H,8H2,1-2H3/b5-3+. The molecule has 0 aliphatic rings. The van der Waals surface area contributed by atoms with E-state index in [-0.39, 0.29) is 0 Å². The van der Waals surface area contributed by atoms with E-state index in [1.807, 2.05) is 38.1 Å². The number of aliphatic hydroxyl groups is 1. The summed E-state index contributed by atoms with van der Waals surface area (Å²) in [6.07, 6.45) is 3.79. The van der Waals surface area contributed by atoms with Crippen LogP contribution in [0.4, 0.5) is 0 Å². The maximum Gasteiger partial charge on any atom is 0.0776 e. The number of pyridine rings is 1. The molecule has 1 heterocycles. The average molecular weight is 177 g/mol. The summed E-state index contributed by atoms with van der Waals surface area (Å²) in [4.78, 5) is 4.30. The van der Waals surface area contributed by atoms with Crippen LogP contribution in [0.1, 0.15) is 18.3 Å². The van der Waals surface area contributed by atoms with Gasteiger partial charge in [0, 0.05) is 17.8 Å². The third kappa shape index (κ3) is 3.38. The summed E-state index contributed by atoms with van der Waals surface area (Å²) in [5.41, 5.74) is 1.93. The molecule has 0 radical (unpaired) electrons. The van der Waals surface area contributed by atoms with Crippen molar-refractivity contribution in [2.45, 2.75) is 26.4 Å². The van der Waals surface area contributed by atoms with Crippen LogP contribution < -0.4 is 0 Å². The minimum absolute atomic E-state index is 0.417. The lowest BCUT2D eigenvalue weighted by Gasteiger charge is -2.04. The molecule has 1 N–H and O–H groups in total. The smallest absolute Gasteiger partial charge is 0.0776 e. The molecule has 0 aliphatic heterocycles. The number of aliphatic hydroxyl groups excluding tert-OH is 1. The fourth-order valence-corrected chi connectivity index (χ4v) is 1.22. The fraction of sp³-hybridized carbons (Fsp3) is 0.364. The zero-order valence-electron chi connectivity index (χ0n) is 8.07. The number of hydrogen-bond donors (Lipinski definition) is 1. The fourth-order valence-electron chi connectivity index (χ4n) is 1.22.